The highest BCUT2D eigenvalue weighted by atomic mass is 32.2. The van der Waals surface area contributed by atoms with Crippen LogP contribution in [-0.2, 0) is 34.3 Å². The molecule has 0 aliphatic carbocycles. The van der Waals surface area contributed by atoms with Gasteiger partial charge in [0.15, 0.2) is 5.69 Å². The summed E-state index contributed by atoms with van der Waals surface area (Å²) in [4.78, 5) is 20.9. The normalized spacial score (nSPS) is 13.9. The number of aromatic nitrogens is 2. The standard InChI is InChI=1S/C18H20N4O4S.CH2O2/c1-2-27(24,25)22-8-7-14-15(11-22)20-21-17(14)18(23)19-10-13-9-12-5-3-4-6-16(12)26-13;2-1-3/h3-6,9H,2,7-8,10-11H2,1H3,(H,19,23)(H,20,21);1H,(H,2,3). The van der Waals surface area contributed by atoms with Crippen molar-refractivity contribution >= 4 is 33.4 Å². The number of nitrogens with one attached hydrogen (secondary N) is 2. The van der Waals surface area contributed by atoms with E-state index in [1.807, 2.05) is 30.3 Å². The number of amides is 1. The number of carbonyl (C=O) groups excluding carboxylic acids is 1. The molecule has 11 heteroatoms. The number of H-pyrrole nitrogens is 1. The van der Waals surface area contributed by atoms with Crippen LogP contribution in [0.15, 0.2) is 34.7 Å². The monoisotopic (exact) mass is 434 g/mol. The third-order valence-corrected chi connectivity index (χ3v) is 6.60. The average Bonchev–Trinajstić information content (AvgIpc) is 3.35. The Hall–Kier alpha value is -3.18. The molecule has 0 spiro atoms. The molecule has 3 aromatic rings. The number of para-hydroxylation sites is 1. The second-order valence-electron chi connectivity index (χ2n) is 6.55. The van der Waals surface area contributed by atoms with Crippen LogP contribution in [-0.4, -0.2) is 52.7 Å². The highest BCUT2D eigenvalue weighted by Gasteiger charge is 2.30. The molecule has 2 aromatic heterocycles. The Kier molecular flexibility index (Phi) is 6.53. The van der Waals surface area contributed by atoms with Gasteiger partial charge < -0.3 is 14.8 Å². The van der Waals surface area contributed by atoms with Crippen LogP contribution in [0.4, 0.5) is 0 Å². The third-order valence-electron chi connectivity index (χ3n) is 4.77. The maximum atomic E-state index is 12.5. The summed E-state index contributed by atoms with van der Waals surface area (Å²) in [6, 6.07) is 9.54. The Morgan fingerprint density at radius 1 is 1.40 bits per heavy atom. The molecule has 0 saturated carbocycles. The lowest BCUT2D eigenvalue weighted by atomic mass is 10.1. The zero-order valence-corrected chi connectivity index (χ0v) is 17.1. The molecule has 1 aliphatic rings. The largest absolute Gasteiger partial charge is 0.483 e. The summed E-state index contributed by atoms with van der Waals surface area (Å²) in [5.41, 5.74) is 2.54. The number of benzene rings is 1. The number of hydrogen-bond donors (Lipinski definition) is 3. The van der Waals surface area contributed by atoms with Crippen molar-refractivity contribution in [1.82, 2.24) is 19.8 Å². The first-order valence-corrected chi connectivity index (χ1v) is 10.9. The van der Waals surface area contributed by atoms with E-state index in [0.717, 1.165) is 16.5 Å². The Morgan fingerprint density at radius 3 is 2.83 bits per heavy atom. The zero-order chi connectivity index (χ0) is 21.7. The highest BCUT2D eigenvalue weighted by molar-refractivity contribution is 7.89. The second kappa shape index (κ2) is 9.09. The van der Waals surface area contributed by atoms with Gasteiger partial charge in [0.25, 0.3) is 12.4 Å². The summed E-state index contributed by atoms with van der Waals surface area (Å²) in [5.74, 6) is 0.412. The first kappa shape index (κ1) is 21.5. The number of carboxylic acid groups (broad SMARTS) is 1. The van der Waals surface area contributed by atoms with Gasteiger partial charge in [0.2, 0.25) is 10.0 Å². The van der Waals surface area contributed by atoms with Gasteiger partial charge in [0.05, 0.1) is 24.5 Å². The van der Waals surface area contributed by atoms with E-state index in [0.29, 0.717) is 30.1 Å². The minimum absolute atomic E-state index is 0.0569. The van der Waals surface area contributed by atoms with Crippen LogP contribution >= 0.6 is 0 Å². The summed E-state index contributed by atoms with van der Waals surface area (Å²) in [5, 5.41) is 17.6. The lowest BCUT2D eigenvalue weighted by Crippen LogP contribution is -2.37. The first-order valence-electron chi connectivity index (χ1n) is 9.27. The molecular weight excluding hydrogens is 412 g/mol. The van der Waals surface area contributed by atoms with Gasteiger partial charge in [-0.3, -0.25) is 14.7 Å². The molecule has 0 unspecified atom stereocenters. The van der Waals surface area contributed by atoms with Crippen LogP contribution in [0.25, 0.3) is 11.0 Å². The van der Waals surface area contributed by atoms with Crippen molar-refractivity contribution in [2.45, 2.75) is 26.4 Å². The van der Waals surface area contributed by atoms with Crippen LogP contribution in [0.1, 0.15) is 34.4 Å². The SMILES string of the molecule is CCS(=O)(=O)N1CCc2c(C(=O)NCc3cc4ccccc4o3)n[nH]c2C1.O=CO. The number of furan rings is 1. The van der Waals surface area contributed by atoms with Gasteiger partial charge in [0.1, 0.15) is 11.3 Å². The van der Waals surface area contributed by atoms with E-state index in [1.165, 1.54) is 4.31 Å². The lowest BCUT2D eigenvalue weighted by molar-refractivity contribution is -0.122. The van der Waals surface area contributed by atoms with Crippen LogP contribution in [0.5, 0.6) is 0 Å². The molecule has 0 saturated heterocycles. The van der Waals surface area contributed by atoms with E-state index in [9.17, 15) is 13.2 Å². The van der Waals surface area contributed by atoms with Crippen LogP contribution in [0.2, 0.25) is 0 Å². The topological polar surface area (TPSA) is 146 Å². The van der Waals surface area contributed by atoms with Crippen molar-refractivity contribution in [3.8, 4) is 0 Å². The predicted molar refractivity (Wildman–Crippen MR) is 108 cm³/mol. The molecule has 0 radical (unpaired) electrons. The highest BCUT2D eigenvalue weighted by Crippen LogP contribution is 2.23. The van der Waals surface area contributed by atoms with Crippen molar-refractivity contribution in [2.75, 3.05) is 12.3 Å². The van der Waals surface area contributed by atoms with Crippen LogP contribution in [0, 0.1) is 0 Å². The number of hydrogen-bond acceptors (Lipinski definition) is 6. The molecule has 1 aliphatic heterocycles. The summed E-state index contributed by atoms with van der Waals surface area (Å²) in [7, 11) is -3.26. The lowest BCUT2D eigenvalue weighted by Gasteiger charge is -2.25. The number of rotatable bonds is 5. The van der Waals surface area contributed by atoms with Gasteiger partial charge in [-0.1, -0.05) is 18.2 Å². The number of carbonyl (C=O) groups is 2. The fraction of sp³-hybridized carbons (Fsp3) is 0.316. The van der Waals surface area contributed by atoms with Crippen molar-refractivity contribution in [3.05, 3.63) is 53.0 Å². The molecule has 0 bridgehead atoms. The van der Waals surface area contributed by atoms with Gasteiger partial charge in [-0.2, -0.15) is 9.40 Å². The molecule has 1 amide bonds. The van der Waals surface area contributed by atoms with Crippen LogP contribution < -0.4 is 5.32 Å². The van der Waals surface area contributed by atoms with Crippen molar-refractivity contribution in [3.63, 3.8) is 0 Å². The zero-order valence-electron chi connectivity index (χ0n) is 16.3. The quantitative estimate of drug-likeness (QED) is 0.516. The van der Waals surface area contributed by atoms with Gasteiger partial charge in [-0.05, 0) is 25.5 Å². The molecule has 3 N–H and O–H groups in total. The number of nitrogens with zero attached hydrogens (tertiary/aromatic N) is 2. The van der Waals surface area contributed by atoms with E-state index < -0.39 is 10.0 Å². The molecule has 0 atom stereocenters. The summed E-state index contributed by atoms with van der Waals surface area (Å²) in [6.45, 7) is 2.20. The van der Waals surface area contributed by atoms with Gasteiger partial charge in [-0.15, -0.1) is 0 Å². The molecule has 10 nitrogen and oxygen atoms in total. The van der Waals surface area contributed by atoms with E-state index in [4.69, 9.17) is 14.3 Å². The molecule has 160 valence electrons. The average molecular weight is 434 g/mol. The van der Waals surface area contributed by atoms with E-state index in [1.54, 1.807) is 6.92 Å². The third kappa shape index (κ3) is 4.52. The number of sulfonamides is 1. The summed E-state index contributed by atoms with van der Waals surface area (Å²) in [6.07, 6.45) is 0.457. The first-order chi connectivity index (χ1) is 14.4. The molecule has 30 heavy (non-hydrogen) atoms. The maximum absolute atomic E-state index is 12.5. The Morgan fingerprint density at radius 2 is 2.13 bits per heavy atom. The Balaban J connectivity index is 0.000000806. The Labute approximate surface area is 172 Å². The second-order valence-corrected chi connectivity index (χ2v) is 8.81. The maximum Gasteiger partial charge on any atom is 0.290 e. The molecule has 4 rings (SSSR count). The smallest absolute Gasteiger partial charge is 0.290 e. The number of fused-ring (bicyclic) bond motifs is 2. The van der Waals surface area contributed by atoms with Crippen molar-refractivity contribution in [1.29, 1.82) is 0 Å². The van der Waals surface area contributed by atoms with Gasteiger partial charge >= 0.3 is 0 Å². The molecule has 3 heterocycles. The van der Waals surface area contributed by atoms with Gasteiger partial charge in [-0.25, -0.2) is 8.42 Å². The van der Waals surface area contributed by atoms with E-state index in [2.05, 4.69) is 15.5 Å². The van der Waals surface area contributed by atoms with Crippen molar-refractivity contribution < 1.29 is 27.5 Å². The summed E-state index contributed by atoms with van der Waals surface area (Å²) < 4.78 is 31.2. The van der Waals surface area contributed by atoms with Crippen LogP contribution in [0.3, 0.4) is 0 Å². The minimum Gasteiger partial charge on any atom is -0.483 e. The van der Waals surface area contributed by atoms with E-state index >= 15 is 0 Å². The van der Waals surface area contributed by atoms with Gasteiger partial charge in [0, 0.05) is 17.5 Å². The fourth-order valence-corrected chi connectivity index (χ4v) is 4.34. The summed E-state index contributed by atoms with van der Waals surface area (Å²) >= 11 is 0. The molecule has 0 fully saturated rings. The number of aromatic amines is 1. The Bertz CT molecular complexity index is 1120. The fourth-order valence-electron chi connectivity index (χ4n) is 3.28. The predicted octanol–water partition coefficient (Wildman–Crippen LogP) is 1.49. The van der Waals surface area contributed by atoms with Crippen molar-refractivity contribution in [2.24, 2.45) is 0 Å². The molecule has 1 aromatic carbocycles. The minimum atomic E-state index is -3.26. The van der Waals surface area contributed by atoms with E-state index in [-0.39, 0.29) is 31.2 Å². The molecular formula is C19H22N4O6S.